The smallest absolute Gasteiger partial charge is 0.213 e. The highest BCUT2D eigenvalue weighted by Gasteiger charge is 2.25. The summed E-state index contributed by atoms with van der Waals surface area (Å²) >= 11 is 0. The fraction of sp³-hybridized carbons (Fsp3) is 0.400. The molecule has 3 aromatic rings. The second kappa shape index (κ2) is 7.33. The van der Waals surface area contributed by atoms with Gasteiger partial charge in [-0.15, -0.1) is 0 Å². The Labute approximate surface area is 154 Å². The molecule has 6 nitrogen and oxygen atoms in total. The molecule has 0 N–H and O–H groups in total. The van der Waals surface area contributed by atoms with Crippen LogP contribution in [-0.2, 0) is 20.1 Å². The van der Waals surface area contributed by atoms with Gasteiger partial charge in [0.05, 0.1) is 18.0 Å². The van der Waals surface area contributed by atoms with Gasteiger partial charge < -0.3 is 9.30 Å². The van der Waals surface area contributed by atoms with E-state index in [0.29, 0.717) is 18.5 Å². The van der Waals surface area contributed by atoms with E-state index in [2.05, 4.69) is 43.9 Å². The Morgan fingerprint density at radius 2 is 2.15 bits per heavy atom. The molecule has 0 saturated carbocycles. The lowest BCUT2D eigenvalue weighted by atomic mass is 10.1. The van der Waals surface area contributed by atoms with Gasteiger partial charge in [0.15, 0.2) is 0 Å². The van der Waals surface area contributed by atoms with Crippen LogP contribution in [0, 0.1) is 6.92 Å². The highest BCUT2D eigenvalue weighted by molar-refractivity contribution is 5.14. The van der Waals surface area contributed by atoms with Crippen molar-refractivity contribution in [3.63, 3.8) is 0 Å². The van der Waals surface area contributed by atoms with Crippen LogP contribution in [0.2, 0.25) is 0 Å². The molecule has 4 heterocycles. The lowest BCUT2D eigenvalue weighted by Crippen LogP contribution is -2.37. The lowest BCUT2D eigenvalue weighted by molar-refractivity contribution is 0.153. The van der Waals surface area contributed by atoms with Gasteiger partial charge in [-0.2, -0.15) is 5.10 Å². The minimum atomic E-state index is 0.409. The van der Waals surface area contributed by atoms with Crippen molar-refractivity contribution in [2.45, 2.75) is 32.5 Å². The predicted octanol–water partition coefficient (Wildman–Crippen LogP) is 2.95. The molecule has 0 aliphatic carbocycles. The van der Waals surface area contributed by atoms with Crippen LogP contribution in [0.5, 0.6) is 5.88 Å². The van der Waals surface area contributed by atoms with E-state index in [1.807, 2.05) is 36.9 Å². The molecule has 0 unspecified atom stereocenters. The van der Waals surface area contributed by atoms with Crippen LogP contribution in [0.3, 0.4) is 0 Å². The number of aromatic nitrogens is 4. The van der Waals surface area contributed by atoms with Gasteiger partial charge in [0.1, 0.15) is 0 Å². The fourth-order valence-corrected chi connectivity index (χ4v) is 3.72. The second-order valence-electron chi connectivity index (χ2n) is 6.94. The largest absolute Gasteiger partial charge is 0.478 e. The third kappa shape index (κ3) is 3.65. The normalized spacial score (nSPS) is 17.2. The van der Waals surface area contributed by atoms with E-state index < -0.39 is 0 Å². The first-order valence-electron chi connectivity index (χ1n) is 9.10. The highest BCUT2D eigenvalue weighted by atomic mass is 16.5. The fourth-order valence-electron chi connectivity index (χ4n) is 3.72. The molecule has 26 heavy (non-hydrogen) atoms. The van der Waals surface area contributed by atoms with Crippen LogP contribution in [0.25, 0.3) is 0 Å². The van der Waals surface area contributed by atoms with Crippen molar-refractivity contribution in [2.24, 2.45) is 7.05 Å². The molecule has 4 rings (SSSR count). The van der Waals surface area contributed by atoms with Gasteiger partial charge in [-0.25, -0.2) is 4.98 Å². The minimum Gasteiger partial charge on any atom is -0.478 e. The number of nitrogens with zero attached hydrogens (tertiary/aromatic N) is 5. The molecule has 0 fully saturated rings. The third-order valence-corrected chi connectivity index (χ3v) is 4.94. The molecule has 1 atom stereocenters. The topological polar surface area (TPSA) is 48.1 Å². The van der Waals surface area contributed by atoms with E-state index in [1.54, 1.807) is 6.20 Å². The standard InChI is InChI=1S/C20H25N5O/c1-16-12-19(23(2)22-16)15-24-13-17-6-5-10-25(17)18(14-24)8-11-26-20-7-3-4-9-21-20/h3-7,9-10,12,18H,8,11,13-15H2,1-2H3/t18-/m0/s1. The minimum absolute atomic E-state index is 0.409. The summed E-state index contributed by atoms with van der Waals surface area (Å²) in [5.74, 6) is 0.693. The van der Waals surface area contributed by atoms with Crippen LogP contribution in [0.1, 0.15) is 29.5 Å². The predicted molar refractivity (Wildman–Crippen MR) is 99.9 cm³/mol. The average molecular weight is 351 g/mol. The zero-order valence-corrected chi connectivity index (χ0v) is 15.4. The van der Waals surface area contributed by atoms with E-state index in [9.17, 15) is 0 Å². The van der Waals surface area contributed by atoms with Gasteiger partial charge in [-0.05, 0) is 31.2 Å². The molecule has 0 radical (unpaired) electrons. The Balaban J connectivity index is 1.42. The van der Waals surface area contributed by atoms with Gasteiger partial charge in [-0.3, -0.25) is 9.58 Å². The maximum absolute atomic E-state index is 5.82. The number of rotatable bonds is 6. The second-order valence-corrected chi connectivity index (χ2v) is 6.94. The highest BCUT2D eigenvalue weighted by Crippen LogP contribution is 2.26. The van der Waals surface area contributed by atoms with E-state index >= 15 is 0 Å². The van der Waals surface area contributed by atoms with Gasteiger partial charge >= 0.3 is 0 Å². The van der Waals surface area contributed by atoms with Crippen LogP contribution in [0.15, 0.2) is 48.8 Å². The van der Waals surface area contributed by atoms with Crippen molar-refractivity contribution in [1.29, 1.82) is 0 Å². The summed E-state index contributed by atoms with van der Waals surface area (Å²) in [6, 6.07) is 12.7. The quantitative estimate of drug-likeness (QED) is 0.685. The van der Waals surface area contributed by atoms with Gasteiger partial charge in [0.2, 0.25) is 5.88 Å². The lowest BCUT2D eigenvalue weighted by Gasteiger charge is -2.35. The molecule has 0 amide bonds. The molecule has 0 aromatic carbocycles. The summed E-state index contributed by atoms with van der Waals surface area (Å²) in [7, 11) is 2.02. The Morgan fingerprint density at radius 1 is 1.23 bits per heavy atom. The summed E-state index contributed by atoms with van der Waals surface area (Å²) in [5, 5.41) is 4.47. The van der Waals surface area contributed by atoms with Crippen molar-refractivity contribution in [3.05, 3.63) is 65.9 Å². The first-order valence-corrected chi connectivity index (χ1v) is 9.10. The van der Waals surface area contributed by atoms with Crippen LogP contribution < -0.4 is 4.74 Å². The Kier molecular flexibility index (Phi) is 4.75. The Bertz CT molecular complexity index is 854. The number of hydrogen-bond donors (Lipinski definition) is 0. The molecular weight excluding hydrogens is 326 g/mol. The van der Waals surface area contributed by atoms with Crippen molar-refractivity contribution in [2.75, 3.05) is 13.2 Å². The van der Waals surface area contributed by atoms with Crippen LogP contribution >= 0.6 is 0 Å². The first kappa shape index (κ1) is 16.8. The van der Waals surface area contributed by atoms with Crippen molar-refractivity contribution >= 4 is 0 Å². The summed E-state index contributed by atoms with van der Waals surface area (Å²) < 4.78 is 10.2. The molecule has 0 saturated heterocycles. The molecule has 1 aliphatic rings. The molecular formula is C20H25N5O. The maximum atomic E-state index is 5.82. The van der Waals surface area contributed by atoms with Gasteiger partial charge in [-0.1, -0.05) is 6.07 Å². The van der Waals surface area contributed by atoms with Crippen molar-refractivity contribution in [1.82, 2.24) is 24.2 Å². The molecule has 0 spiro atoms. The Hall–Kier alpha value is -2.60. The number of ether oxygens (including phenoxy) is 1. The summed E-state index contributed by atoms with van der Waals surface area (Å²) in [6.45, 7) is 5.60. The number of aryl methyl sites for hydroxylation is 2. The summed E-state index contributed by atoms with van der Waals surface area (Å²) in [6.07, 6.45) is 4.91. The SMILES string of the molecule is Cc1cc(CN2Cc3cccn3[C@@H](CCOc3ccccn3)C2)n(C)n1. The van der Waals surface area contributed by atoms with E-state index in [-0.39, 0.29) is 0 Å². The van der Waals surface area contributed by atoms with E-state index in [1.165, 1.54) is 11.4 Å². The van der Waals surface area contributed by atoms with Gasteiger partial charge in [0, 0.05) is 63.3 Å². The zero-order valence-electron chi connectivity index (χ0n) is 15.4. The van der Waals surface area contributed by atoms with Crippen molar-refractivity contribution < 1.29 is 4.74 Å². The molecule has 0 bridgehead atoms. The summed E-state index contributed by atoms with van der Waals surface area (Å²) in [5.41, 5.74) is 3.69. The number of hydrogen-bond acceptors (Lipinski definition) is 4. The number of pyridine rings is 1. The van der Waals surface area contributed by atoms with Gasteiger partial charge in [0.25, 0.3) is 0 Å². The molecule has 3 aromatic heterocycles. The molecule has 136 valence electrons. The number of fused-ring (bicyclic) bond motifs is 1. The van der Waals surface area contributed by atoms with Crippen molar-refractivity contribution in [3.8, 4) is 5.88 Å². The first-order chi connectivity index (χ1) is 12.7. The van der Waals surface area contributed by atoms with E-state index in [4.69, 9.17) is 4.74 Å². The molecule has 6 heteroatoms. The third-order valence-electron chi connectivity index (χ3n) is 4.94. The summed E-state index contributed by atoms with van der Waals surface area (Å²) in [4.78, 5) is 6.73. The maximum Gasteiger partial charge on any atom is 0.213 e. The Morgan fingerprint density at radius 3 is 2.92 bits per heavy atom. The molecule has 1 aliphatic heterocycles. The van der Waals surface area contributed by atoms with Crippen LogP contribution in [-0.4, -0.2) is 37.4 Å². The zero-order chi connectivity index (χ0) is 17.9. The van der Waals surface area contributed by atoms with E-state index in [0.717, 1.165) is 31.7 Å². The van der Waals surface area contributed by atoms with Crippen LogP contribution in [0.4, 0.5) is 0 Å². The average Bonchev–Trinajstić information content (AvgIpc) is 3.22. The monoisotopic (exact) mass is 351 g/mol.